The number of anilines is 1. The molecule has 1 heterocycles. The van der Waals surface area contributed by atoms with Crippen molar-refractivity contribution in [1.29, 1.82) is 0 Å². The van der Waals surface area contributed by atoms with Crippen LogP contribution in [0.2, 0.25) is 0 Å². The molecule has 4 nitrogen and oxygen atoms in total. The second-order valence-electron chi connectivity index (χ2n) is 5.09. The largest absolute Gasteiger partial charge is 0.382 e. The van der Waals surface area contributed by atoms with Crippen LogP contribution >= 0.6 is 15.9 Å². The molecule has 1 aliphatic rings. The number of hydrogen-bond donors (Lipinski definition) is 1. The molecule has 1 aromatic heterocycles. The first-order valence-electron chi connectivity index (χ1n) is 6.56. The summed E-state index contributed by atoms with van der Waals surface area (Å²) in [4.78, 5) is 12.0. The molecule has 1 aromatic rings. The van der Waals surface area contributed by atoms with E-state index in [1.165, 1.54) is 23.9 Å². The molecule has 1 N–H and O–H groups in total. The summed E-state index contributed by atoms with van der Waals surface area (Å²) >= 11 is 3.32. The molecule has 2 rings (SSSR count). The van der Waals surface area contributed by atoms with Crippen molar-refractivity contribution in [3.8, 4) is 12.3 Å². The first kappa shape index (κ1) is 14.1. The first-order valence-corrected chi connectivity index (χ1v) is 7.35. The van der Waals surface area contributed by atoms with Crippen LogP contribution in [-0.2, 0) is 6.54 Å². The highest BCUT2D eigenvalue weighted by atomic mass is 79.9. The molecule has 0 bridgehead atoms. The van der Waals surface area contributed by atoms with Gasteiger partial charge in [-0.25, -0.2) is 4.68 Å². The maximum atomic E-state index is 12.0. The van der Waals surface area contributed by atoms with Crippen molar-refractivity contribution in [1.82, 2.24) is 9.78 Å². The van der Waals surface area contributed by atoms with Crippen molar-refractivity contribution >= 4 is 21.6 Å². The average molecular weight is 324 g/mol. The fourth-order valence-electron chi connectivity index (χ4n) is 2.55. The van der Waals surface area contributed by atoms with Crippen LogP contribution in [0, 0.1) is 24.2 Å². The van der Waals surface area contributed by atoms with E-state index in [9.17, 15) is 4.79 Å². The molecule has 1 saturated carbocycles. The molecule has 2 unspecified atom stereocenters. The fourth-order valence-corrected chi connectivity index (χ4v) is 3.00. The molecule has 0 aromatic carbocycles. The van der Waals surface area contributed by atoms with Gasteiger partial charge in [0.15, 0.2) is 0 Å². The van der Waals surface area contributed by atoms with Crippen molar-refractivity contribution < 1.29 is 0 Å². The minimum Gasteiger partial charge on any atom is -0.382 e. The van der Waals surface area contributed by atoms with Crippen molar-refractivity contribution in [2.24, 2.45) is 11.8 Å². The first-order chi connectivity index (χ1) is 9.13. The van der Waals surface area contributed by atoms with Gasteiger partial charge in [-0.05, 0) is 34.2 Å². The lowest BCUT2D eigenvalue weighted by molar-refractivity contribution is 0.439. The molecule has 0 amide bonds. The second-order valence-corrected chi connectivity index (χ2v) is 5.88. The van der Waals surface area contributed by atoms with Crippen LogP contribution in [0.4, 0.5) is 5.69 Å². The molecule has 0 spiro atoms. The number of terminal acetylenes is 1. The van der Waals surface area contributed by atoms with Gasteiger partial charge in [-0.1, -0.05) is 25.7 Å². The molecule has 2 atom stereocenters. The van der Waals surface area contributed by atoms with Gasteiger partial charge in [0, 0.05) is 6.54 Å². The molecule has 0 aliphatic heterocycles. The summed E-state index contributed by atoms with van der Waals surface area (Å²) in [6, 6.07) is 0. The van der Waals surface area contributed by atoms with Gasteiger partial charge < -0.3 is 5.32 Å². The van der Waals surface area contributed by atoms with Crippen LogP contribution in [0.5, 0.6) is 0 Å². The third-order valence-electron chi connectivity index (χ3n) is 3.82. The smallest absolute Gasteiger partial charge is 0.284 e. The maximum absolute atomic E-state index is 12.0. The predicted molar refractivity (Wildman–Crippen MR) is 80.0 cm³/mol. The number of nitrogens with zero attached hydrogens (tertiary/aromatic N) is 2. The Morgan fingerprint density at radius 3 is 3.05 bits per heavy atom. The molecule has 1 fully saturated rings. The Morgan fingerprint density at radius 2 is 2.42 bits per heavy atom. The predicted octanol–water partition coefficient (Wildman–Crippen LogP) is 2.49. The van der Waals surface area contributed by atoms with Gasteiger partial charge in [0.05, 0.1) is 11.9 Å². The van der Waals surface area contributed by atoms with Crippen LogP contribution in [0.1, 0.15) is 26.2 Å². The summed E-state index contributed by atoms with van der Waals surface area (Å²) in [5, 5.41) is 7.38. The standard InChI is InChI=1S/C14H18BrN3O/c1-3-7-18-14(19)13(15)12(9-17-18)16-8-11-6-4-5-10(11)2/h1,9-11,16H,4-8H2,2H3. The van der Waals surface area contributed by atoms with Crippen LogP contribution in [0.25, 0.3) is 0 Å². The summed E-state index contributed by atoms with van der Waals surface area (Å²) < 4.78 is 1.77. The van der Waals surface area contributed by atoms with Crippen LogP contribution in [-0.4, -0.2) is 16.3 Å². The Labute approximate surface area is 121 Å². The Balaban J connectivity index is 2.07. The number of halogens is 1. The van der Waals surface area contributed by atoms with Gasteiger partial charge in [0.25, 0.3) is 5.56 Å². The molecule has 0 radical (unpaired) electrons. The summed E-state index contributed by atoms with van der Waals surface area (Å²) in [6.07, 6.45) is 10.7. The molecule has 1 aliphatic carbocycles. The van der Waals surface area contributed by atoms with Crippen molar-refractivity contribution in [2.45, 2.75) is 32.7 Å². The zero-order valence-corrected chi connectivity index (χ0v) is 12.6. The maximum Gasteiger partial charge on any atom is 0.284 e. The molecular weight excluding hydrogens is 306 g/mol. The van der Waals surface area contributed by atoms with E-state index >= 15 is 0 Å². The van der Waals surface area contributed by atoms with E-state index in [0.717, 1.165) is 18.2 Å². The minimum atomic E-state index is -0.192. The van der Waals surface area contributed by atoms with Gasteiger partial charge in [0.1, 0.15) is 11.0 Å². The number of nitrogens with one attached hydrogen (secondary N) is 1. The highest BCUT2D eigenvalue weighted by molar-refractivity contribution is 9.10. The van der Waals surface area contributed by atoms with E-state index in [4.69, 9.17) is 6.42 Å². The third-order valence-corrected chi connectivity index (χ3v) is 4.59. The number of aromatic nitrogens is 2. The van der Waals surface area contributed by atoms with E-state index in [1.807, 2.05) is 0 Å². The SMILES string of the molecule is C#CCn1ncc(NCC2CCCC2C)c(Br)c1=O. The Kier molecular flexibility index (Phi) is 4.65. The fraction of sp³-hybridized carbons (Fsp3) is 0.571. The third kappa shape index (κ3) is 3.19. The lowest BCUT2D eigenvalue weighted by atomic mass is 9.98. The highest BCUT2D eigenvalue weighted by Crippen LogP contribution is 2.31. The Bertz CT molecular complexity index is 547. The summed E-state index contributed by atoms with van der Waals surface area (Å²) in [5.41, 5.74) is 0.555. The van der Waals surface area contributed by atoms with Crippen molar-refractivity contribution in [3.63, 3.8) is 0 Å². The average Bonchev–Trinajstić information content (AvgIpc) is 2.80. The van der Waals surface area contributed by atoms with Gasteiger partial charge in [-0.3, -0.25) is 4.79 Å². The second kappa shape index (κ2) is 6.25. The van der Waals surface area contributed by atoms with E-state index < -0.39 is 0 Å². The normalized spacial score (nSPS) is 22.2. The molecule has 102 valence electrons. The summed E-state index contributed by atoms with van der Waals surface area (Å²) in [7, 11) is 0. The van der Waals surface area contributed by atoms with Gasteiger partial charge in [0.2, 0.25) is 0 Å². The molecular formula is C14H18BrN3O. The molecule has 19 heavy (non-hydrogen) atoms. The van der Waals surface area contributed by atoms with Gasteiger partial charge >= 0.3 is 0 Å². The van der Waals surface area contributed by atoms with E-state index in [0.29, 0.717) is 10.4 Å². The number of hydrogen-bond acceptors (Lipinski definition) is 3. The summed E-state index contributed by atoms with van der Waals surface area (Å²) in [5.74, 6) is 3.84. The van der Waals surface area contributed by atoms with Crippen LogP contribution in [0.15, 0.2) is 15.5 Å². The van der Waals surface area contributed by atoms with Crippen LogP contribution < -0.4 is 10.9 Å². The Hall–Kier alpha value is -1.28. The van der Waals surface area contributed by atoms with Crippen molar-refractivity contribution in [3.05, 3.63) is 21.0 Å². The minimum absolute atomic E-state index is 0.192. The Morgan fingerprint density at radius 1 is 1.63 bits per heavy atom. The zero-order chi connectivity index (χ0) is 13.8. The lowest BCUT2D eigenvalue weighted by Crippen LogP contribution is -2.25. The lowest BCUT2D eigenvalue weighted by Gasteiger charge is -2.17. The topological polar surface area (TPSA) is 46.9 Å². The zero-order valence-electron chi connectivity index (χ0n) is 11.0. The molecule has 0 saturated heterocycles. The summed E-state index contributed by atoms with van der Waals surface area (Å²) in [6.45, 7) is 3.37. The van der Waals surface area contributed by atoms with Gasteiger partial charge in [-0.15, -0.1) is 6.42 Å². The van der Waals surface area contributed by atoms with Gasteiger partial charge in [-0.2, -0.15) is 5.10 Å². The monoisotopic (exact) mass is 323 g/mol. The van der Waals surface area contributed by atoms with E-state index in [1.54, 1.807) is 6.20 Å². The van der Waals surface area contributed by atoms with E-state index in [2.05, 4.69) is 39.2 Å². The highest BCUT2D eigenvalue weighted by Gasteiger charge is 2.23. The number of rotatable bonds is 4. The van der Waals surface area contributed by atoms with Crippen molar-refractivity contribution in [2.75, 3.05) is 11.9 Å². The van der Waals surface area contributed by atoms with Crippen LogP contribution in [0.3, 0.4) is 0 Å². The quantitative estimate of drug-likeness (QED) is 0.866. The van der Waals surface area contributed by atoms with E-state index in [-0.39, 0.29) is 12.1 Å². The molecule has 5 heteroatoms.